The van der Waals surface area contributed by atoms with Crippen molar-refractivity contribution in [2.45, 2.75) is 18.8 Å². The van der Waals surface area contributed by atoms with E-state index in [1.54, 1.807) is 18.3 Å². The monoisotopic (exact) mass is 386 g/mol. The summed E-state index contributed by atoms with van der Waals surface area (Å²) >= 11 is 6.03. The third kappa shape index (κ3) is 3.61. The Balaban J connectivity index is 1.70. The van der Waals surface area contributed by atoms with Gasteiger partial charge < -0.3 is 21.1 Å². The molecule has 27 heavy (non-hydrogen) atoms. The first kappa shape index (κ1) is 18.1. The fourth-order valence-electron chi connectivity index (χ4n) is 3.43. The second-order valence-corrected chi connectivity index (χ2v) is 7.30. The number of ether oxygens (including phenoxy) is 1. The lowest BCUT2D eigenvalue weighted by molar-refractivity contribution is -0.109. The van der Waals surface area contributed by atoms with Crippen LogP contribution in [0.5, 0.6) is 0 Å². The summed E-state index contributed by atoms with van der Waals surface area (Å²) in [7, 11) is 0. The molecule has 2 aromatic carbocycles. The number of benzene rings is 2. The van der Waals surface area contributed by atoms with E-state index in [1.165, 1.54) is 6.07 Å². The van der Waals surface area contributed by atoms with Crippen molar-refractivity contribution in [3.63, 3.8) is 0 Å². The van der Waals surface area contributed by atoms with Gasteiger partial charge in [-0.15, -0.1) is 0 Å². The normalized spacial score (nSPS) is 22.7. The van der Waals surface area contributed by atoms with E-state index in [4.69, 9.17) is 22.1 Å². The van der Waals surface area contributed by atoms with Crippen LogP contribution in [0.2, 0.25) is 5.02 Å². The molecule has 0 amide bonds. The van der Waals surface area contributed by atoms with E-state index in [-0.39, 0.29) is 5.82 Å². The Labute approximate surface area is 161 Å². The molecule has 7 heteroatoms. The van der Waals surface area contributed by atoms with Crippen molar-refractivity contribution in [3.8, 4) is 0 Å². The number of morpholine rings is 1. The molecule has 1 saturated heterocycles. The lowest BCUT2D eigenvalue weighted by atomic mass is 9.93. The highest BCUT2D eigenvalue weighted by molar-refractivity contribution is 6.31. The van der Waals surface area contributed by atoms with Crippen LogP contribution in [-0.2, 0) is 10.3 Å². The van der Waals surface area contributed by atoms with Gasteiger partial charge in [0.25, 0.3) is 0 Å². The third-order valence-corrected chi connectivity index (χ3v) is 4.92. The molecular weight excluding hydrogens is 367 g/mol. The fourth-order valence-corrected chi connectivity index (χ4v) is 3.59. The molecule has 140 valence electrons. The molecule has 1 aromatic heterocycles. The molecule has 0 radical (unpaired) electrons. The molecule has 0 spiro atoms. The van der Waals surface area contributed by atoms with Gasteiger partial charge in [0.05, 0.1) is 16.2 Å². The highest BCUT2D eigenvalue weighted by Crippen LogP contribution is 2.33. The molecule has 1 fully saturated rings. The smallest absolute Gasteiger partial charge is 0.129 e. The summed E-state index contributed by atoms with van der Waals surface area (Å²) in [5, 5.41) is 8.01. The predicted molar refractivity (Wildman–Crippen MR) is 106 cm³/mol. The second-order valence-electron chi connectivity index (χ2n) is 6.87. The number of para-hydroxylation sites is 1. The number of pyridine rings is 1. The molecule has 3 aromatic rings. The van der Waals surface area contributed by atoms with Crippen molar-refractivity contribution in [2.24, 2.45) is 5.73 Å². The quantitative estimate of drug-likeness (QED) is 0.637. The van der Waals surface area contributed by atoms with Crippen molar-refractivity contribution in [1.29, 1.82) is 0 Å². The van der Waals surface area contributed by atoms with Crippen molar-refractivity contribution >= 4 is 33.9 Å². The van der Waals surface area contributed by atoms with E-state index >= 15 is 0 Å². The number of rotatable bonds is 3. The minimum atomic E-state index is -0.843. The molecule has 4 rings (SSSR count). The summed E-state index contributed by atoms with van der Waals surface area (Å²) in [5.74, 6) is -0.332. The van der Waals surface area contributed by atoms with E-state index < -0.39 is 11.8 Å². The van der Waals surface area contributed by atoms with Gasteiger partial charge in [0.1, 0.15) is 17.6 Å². The summed E-state index contributed by atoms with van der Waals surface area (Å²) in [5.41, 5.74) is 7.83. The number of nitrogens with two attached hydrogens (primary N) is 1. The molecule has 0 saturated carbocycles. The van der Waals surface area contributed by atoms with E-state index in [0.29, 0.717) is 23.7 Å². The third-order valence-electron chi connectivity index (χ3n) is 4.71. The van der Waals surface area contributed by atoms with Crippen molar-refractivity contribution in [2.75, 3.05) is 18.4 Å². The Morgan fingerprint density at radius 3 is 3.00 bits per heavy atom. The van der Waals surface area contributed by atoms with Gasteiger partial charge >= 0.3 is 0 Å². The molecular formula is C20H20ClFN4O. The molecule has 5 nitrogen and oxygen atoms in total. The summed E-state index contributed by atoms with van der Waals surface area (Å²) in [6.45, 7) is 2.86. The molecule has 4 N–H and O–H groups in total. The van der Waals surface area contributed by atoms with Crippen LogP contribution in [0.3, 0.4) is 0 Å². The van der Waals surface area contributed by atoms with Gasteiger partial charge in [-0.05, 0) is 37.3 Å². The second kappa shape index (κ2) is 7.05. The first-order valence-electron chi connectivity index (χ1n) is 8.70. The summed E-state index contributed by atoms with van der Waals surface area (Å²) in [4.78, 5) is 4.41. The maximum Gasteiger partial charge on any atom is 0.129 e. The van der Waals surface area contributed by atoms with Gasteiger partial charge in [-0.3, -0.25) is 4.98 Å². The minimum absolute atomic E-state index is 0.332. The van der Waals surface area contributed by atoms with Gasteiger partial charge in [0, 0.05) is 35.9 Å². The zero-order valence-corrected chi connectivity index (χ0v) is 15.6. The molecule has 0 bridgehead atoms. The van der Waals surface area contributed by atoms with Gasteiger partial charge in [0.15, 0.2) is 0 Å². The largest absolute Gasteiger partial charge is 0.354 e. The Morgan fingerprint density at radius 1 is 1.33 bits per heavy atom. The Morgan fingerprint density at radius 2 is 2.19 bits per heavy atom. The first-order chi connectivity index (χ1) is 12.9. The van der Waals surface area contributed by atoms with Gasteiger partial charge in [-0.25, -0.2) is 4.39 Å². The average molecular weight is 387 g/mol. The zero-order chi connectivity index (χ0) is 19.0. The van der Waals surface area contributed by atoms with Crippen molar-refractivity contribution in [1.82, 2.24) is 10.3 Å². The minimum Gasteiger partial charge on any atom is -0.354 e. The summed E-state index contributed by atoms with van der Waals surface area (Å²) < 4.78 is 20.4. The number of anilines is 2. The molecule has 1 unspecified atom stereocenters. The van der Waals surface area contributed by atoms with Crippen LogP contribution in [0.15, 0.2) is 48.7 Å². The van der Waals surface area contributed by atoms with E-state index in [2.05, 4.69) is 15.6 Å². The van der Waals surface area contributed by atoms with Crippen LogP contribution >= 0.6 is 11.6 Å². The van der Waals surface area contributed by atoms with Crippen LogP contribution in [0.1, 0.15) is 12.5 Å². The van der Waals surface area contributed by atoms with Gasteiger partial charge in [0.2, 0.25) is 0 Å². The van der Waals surface area contributed by atoms with Gasteiger partial charge in [-0.2, -0.15) is 0 Å². The van der Waals surface area contributed by atoms with E-state index in [1.807, 2.05) is 31.2 Å². The number of fused-ring (bicyclic) bond motifs is 1. The van der Waals surface area contributed by atoms with Crippen LogP contribution in [0, 0.1) is 5.82 Å². The van der Waals surface area contributed by atoms with E-state index in [0.717, 1.165) is 22.3 Å². The molecule has 2 heterocycles. The summed E-state index contributed by atoms with van der Waals surface area (Å²) in [6, 6.07) is 12.5. The lowest BCUT2D eigenvalue weighted by Crippen LogP contribution is -2.53. The fraction of sp³-hybridized carbons (Fsp3) is 0.250. The molecule has 2 atom stereocenters. The lowest BCUT2D eigenvalue weighted by Gasteiger charge is -2.38. The van der Waals surface area contributed by atoms with E-state index in [9.17, 15) is 4.39 Å². The standard InChI is InChI=1S/C20H20ClFN4O/c1-20(11-24-10-18(23)27-20)15-8-14(5-6-16(15)22)26-17-4-2-3-12-7-13(21)9-25-19(12)17/h2-9,18,24,26H,10-11,23H2,1H3/t18-,20?/m1/s1. The molecule has 1 aliphatic heterocycles. The van der Waals surface area contributed by atoms with Crippen LogP contribution in [-0.4, -0.2) is 24.3 Å². The first-order valence-corrected chi connectivity index (χ1v) is 9.08. The number of hydrogen-bond donors (Lipinski definition) is 3. The number of aromatic nitrogens is 1. The zero-order valence-electron chi connectivity index (χ0n) is 14.8. The number of nitrogens with one attached hydrogen (secondary N) is 2. The average Bonchev–Trinajstić information content (AvgIpc) is 2.63. The number of hydrogen-bond acceptors (Lipinski definition) is 5. The SMILES string of the molecule is CC1(c2cc(Nc3cccc4cc(Cl)cnc34)ccc2F)CNC[C@H](N)O1. The Kier molecular flexibility index (Phi) is 4.74. The molecule has 0 aliphatic carbocycles. The van der Waals surface area contributed by atoms with Crippen molar-refractivity contribution < 1.29 is 9.13 Å². The Hall–Kier alpha value is -2.25. The topological polar surface area (TPSA) is 72.2 Å². The highest BCUT2D eigenvalue weighted by Gasteiger charge is 2.35. The maximum atomic E-state index is 14.6. The summed E-state index contributed by atoms with van der Waals surface area (Å²) in [6.07, 6.45) is 1.13. The predicted octanol–water partition coefficient (Wildman–Crippen LogP) is 3.89. The van der Waals surface area contributed by atoms with Gasteiger partial charge in [-0.1, -0.05) is 23.7 Å². The van der Waals surface area contributed by atoms with Crippen LogP contribution in [0.4, 0.5) is 15.8 Å². The molecule has 1 aliphatic rings. The van der Waals surface area contributed by atoms with Crippen LogP contribution in [0.25, 0.3) is 10.9 Å². The number of halogens is 2. The maximum absolute atomic E-state index is 14.6. The number of nitrogens with zero attached hydrogens (tertiary/aromatic N) is 1. The van der Waals surface area contributed by atoms with Crippen LogP contribution < -0.4 is 16.4 Å². The highest BCUT2D eigenvalue weighted by atomic mass is 35.5. The Bertz CT molecular complexity index is 999. The van der Waals surface area contributed by atoms with Crippen molar-refractivity contribution in [3.05, 3.63) is 65.1 Å².